The highest BCUT2D eigenvalue weighted by atomic mass is 19.1. The zero-order valence-corrected chi connectivity index (χ0v) is 15.7. The topological polar surface area (TPSA) is 151 Å². The van der Waals surface area contributed by atoms with Gasteiger partial charge in [0.25, 0.3) is 17.7 Å². The summed E-state index contributed by atoms with van der Waals surface area (Å²) in [5.74, 6) is 2.21. The number of rotatable bonds is 6. The van der Waals surface area contributed by atoms with E-state index >= 15 is 0 Å². The first-order chi connectivity index (χ1) is 14.4. The van der Waals surface area contributed by atoms with Crippen LogP contribution in [0.15, 0.2) is 48.8 Å². The van der Waals surface area contributed by atoms with Gasteiger partial charge in [0.2, 0.25) is 0 Å². The summed E-state index contributed by atoms with van der Waals surface area (Å²) >= 11 is 0. The van der Waals surface area contributed by atoms with E-state index in [1.165, 1.54) is 49.8 Å². The molecule has 0 spiro atoms. The van der Waals surface area contributed by atoms with Crippen LogP contribution in [0.1, 0.15) is 31.3 Å². The van der Waals surface area contributed by atoms with Crippen LogP contribution in [0.3, 0.4) is 0 Å². The average molecular weight is 412 g/mol. The van der Waals surface area contributed by atoms with Crippen LogP contribution in [0.4, 0.5) is 15.8 Å². The maximum Gasteiger partial charge on any atom is 0.276 e. The number of amides is 3. The Kier molecular flexibility index (Phi) is 6.03. The third-order valence-corrected chi connectivity index (χ3v) is 4.04. The van der Waals surface area contributed by atoms with Gasteiger partial charge >= 0.3 is 0 Å². The van der Waals surface area contributed by atoms with Crippen molar-refractivity contribution in [1.82, 2.24) is 15.3 Å². The van der Waals surface area contributed by atoms with E-state index in [4.69, 9.17) is 5.90 Å². The van der Waals surface area contributed by atoms with Crippen molar-refractivity contribution in [3.63, 3.8) is 0 Å². The van der Waals surface area contributed by atoms with Gasteiger partial charge in [-0.15, -0.1) is 0 Å². The van der Waals surface area contributed by atoms with E-state index in [0.717, 1.165) is 6.07 Å². The van der Waals surface area contributed by atoms with Gasteiger partial charge in [-0.3, -0.25) is 14.4 Å². The Morgan fingerprint density at radius 2 is 1.63 bits per heavy atom. The largest absolute Gasteiger partial charge is 0.408 e. The first-order valence-corrected chi connectivity index (χ1v) is 8.58. The van der Waals surface area contributed by atoms with Crippen LogP contribution in [0.25, 0.3) is 0 Å². The highest BCUT2D eigenvalue weighted by Crippen LogP contribution is 2.23. The molecule has 1 heterocycles. The molecule has 0 atom stereocenters. The Hall–Kier alpha value is -4.25. The average Bonchev–Trinajstić information content (AvgIpc) is 3.24. The standard InChI is InChI=1S/C19H17FN6O4/c1-22-18(28)14-15(24-9-23-14)19(29)26-11-7-5-10(6-8-11)25-17(27)12-3-2-4-13(20)16(12)30-21/h2-9H,21H2,1H3,(H,22,28)(H,23,24)(H,25,27)(H,26,29). The highest BCUT2D eigenvalue weighted by Gasteiger charge is 2.20. The number of anilines is 2. The number of carbonyl (C=O) groups excluding carboxylic acids is 3. The van der Waals surface area contributed by atoms with E-state index in [2.05, 4.69) is 30.8 Å². The summed E-state index contributed by atoms with van der Waals surface area (Å²) < 4.78 is 13.7. The van der Waals surface area contributed by atoms with Crippen molar-refractivity contribution in [2.24, 2.45) is 5.90 Å². The van der Waals surface area contributed by atoms with Gasteiger partial charge in [0.15, 0.2) is 17.3 Å². The minimum absolute atomic E-state index is 0.0342. The summed E-state index contributed by atoms with van der Waals surface area (Å²) in [7, 11) is 1.43. The summed E-state index contributed by atoms with van der Waals surface area (Å²) in [5, 5.41) is 7.58. The predicted octanol–water partition coefficient (Wildman–Crippen LogP) is 1.67. The number of aromatic amines is 1. The number of benzene rings is 2. The van der Waals surface area contributed by atoms with Crippen molar-refractivity contribution < 1.29 is 23.6 Å². The third kappa shape index (κ3) is 4.25. The first-order valence-electron chi connectivity index (χ1n) is 8.58. The fourth-order valence-corrected chi connectivity index (χ4v) is 2.60. The highest BCUT2D eigenvalue weighted by molar-refractivity contribution is 6.10. The van der Waals surface area contributed by atoms with E-state index in [-0.39, 0.29) is 22.7 Å². The van der Waals surface area contributed by atoms with E-state index in [1.54, 1.807) is 0 Å². The van der Waals surface area contributed by atoms with Crippen LogP contribution in [-0.4, -0.2) is 34.7 Å². The summed E-state index contributed by atoms with van der Waals surface area (Å²) in [6.07, 6.45) is 1.24. The molecule has 0 fully saturated rings. The molecule has 3 aromatic rings. The zero-order chi connectivity index (χ0) is 21.7. The molecule has 0 aliphatic rings. The maximum absolute atomic E-state index is 13.7. The number of nitrogens with one attached hydrogen (secondary N) is 4. The molecular formula is C19H17FN6O4. The molecule has 10 nitrogen and oxygen atoms in total. The van der Waals surface area contributed by atoms with E-state index in [9.17, 15) is 18.8 Å². The van der Waals surface area contributed by atoms with Crippen LogP contribution in [0, 0.1) is 5.82 Å². The molecule has 154 valence electrons. The lowest BCUT2D eigenvalue weighted by Gasteiger charge is -2.10. The van der Waals surface area contributed by atoms with Crippen LogP contribution in [-0.2, 0) is 0 Å². The number of aromatic nitrogens is 2. The number of imidazole rings is 1. The molecule has 30 heavy (non-hydrogen) atoms. The molecule has 3 amide bonds. The number of nitrogens with two attached hydrogens (primary N) is 1. The number of nitrogens with zero attached hydrogens (tertiary/aromatic N) is 1. The SMILES string of the molecule is CNC(=O)c1[nH]cnc1C(=O)Nc1ccc(NC(=O)c2cccc(F)c2ON)cc1. The Bertz CT molecular complexity index is 1100. The number of hydrogen-bond acceptors (Lipinski definition) is 6. The minimum Gasteiger partial charge on any atom is -0.408 e. The predicted molar refractivity (Wildman–Crippen MR) is 106 cm³/mol. The molecule has 0 unspecified atom stereocenters. The Labute approximate surface area is 169 Å². The van der Waals surface area contributed by atoms with Crippen LogP contribution < -0.4 is 26.7 Å². The van der Waals surface area contributed by atoms with Crippen LogP contribution in [0.5, 0.6) is 5.75 Å². The van der Waals surface area contributed by atoms with Gasteiger partial charge in [-0.2, -0.15) is 5.90 Å². The molecule has 0 radical (unpaired) electrons. The quantitative estimate of drug-likeness (QED) is 0.389. The van der Waals surface area contributed by atoms with Gasteiger partial charge in [0.05, 0.1) is 11.9 Å². The van der Waals surface area contributed by atoms with Crippen LogP contribution >= 0.6 is 0 Å². The third-order valence-electron chi connectivity index (χ3n) is 4.04. The van der Waals surface area contributed by atoms with Gasteiger partial charge < -0.3 is 25.8 Å². The van der Waals surface area contributed by atoms with E-state index < -0.39 is 23.5 Å². The van der Waals surface area contributed by atoms with Crippen molar-refractivity contribution >= 4 is 29.1 Å². The number of carbonyl (C=O) groups is 3. The lowest BCUT2D eigenvalue weighted by Crippen LogP contribution is -2.23. The summed E-state index contributed by atoms with van der Waals surface area (Å²) in [6, 6.07) is 9.96. The molecule has 0 saturated heterocycles. The van der Waals surface area contributed by atoms with Crippen molar-refractivity contribution in [3.05, 3.63) is 71.6 Å². The molecular weight excluding hydrogens is 395 g/mol. The molecule has 6 N–H and O–H groups in total. The number of H-pyrrole nitrogens is 1. The second kappa shape index (κ2) is 8.84. The molecule has 0 saturated carbocycles. The molecule has 0 aliphatic carbocycles. The second-order valence-corrected chi connectivity index (χ2v) is 5.93. The summed E-state index contributed by atoms with van der Waals surface area (Å²) in [4.78, 5) is 47.4. The number of para-hydroxylation sites is 1. The fourth-order valence-electron chi connectivity index (χ4n) is 2.60. The van der Waals surface area contributed by atoms with Gasteiger partial charge in [0.1, 0.15) is 5.69 Å². The zero-order valence-electron chi connectivity index (χ0n) is 15.7. The van der Waals surface area contributed by atoms with Gasteiger partial charge in [-0.1, -0.05) is 6.07 Å². The first kappa shape index (κ1) is 20.5. The lowest BCUT2D eigenvalue weighted by molar-refractivity contribution is 0.0943. The lowest BCUT2D eigenvalue weighted by atomic mass is 10.1. The summed E-state index contributed by atoms with van der Waals surface area (Å²) in [5.41, 5.74) is 0.686. The van der Waals surface area contributed by atoms with Crippen molar-refractivity contribution in [2.45, 2.75) is 0 Å². The molecule has 0 aliphatic heterocycles. The fraction of sp³-hybridized carbons (Fsp3) is 0.0526. The van der Waals surface area contributed by atoms with Gasteiger partial charge in [-0.25, -0.2) is 9.37 Å². The van der Waals surface area contributed by atoms with Gasteiger partial charge in [-0.05, 0) is 36.4 Å². The molecule has 3 rings (SSSR count). The van der Waals surface area contributed by atoms with E-state index in [0.29, 0.717) is 11.4 Å². The van der Waals surface area contributed by atoms with Gasteiger partial charge in [0, 0.05) is 18.4 Å². The molecule has 11 heteroatoms. The van der Waals surface area contributed by atoms with Crippen LogP contribution in [0.2, 0.25) is 0 Å². The molecule has 1 aromatic heterocycles. The van der Waals surface area contributed by atoms with Crippen molar-refractivity contribution in [1.29, 1.82) is 0 Å². The minimum atomic E-state index is -0.766. The van der Waals surface area contributed by atoms with E-state index in [1.807, 2.05) is 0 Å². The molecule has 0 bridgehead atoms. The Balaban J connectivity index is 1.69. The Morgan fingerprint density at radius 1 is 1.00 bits per heavy atom. The molecule has 2 aromatic carbocycles. The smallest absolute Gasteiger partial charge is 0.276 e. The second-order valence-electron chi connectivity index (χ2n) is 5.93. The van der Waals surface area contributed by atoms with Crippen molar-refractivity contribution in [3.8, 4) is 5.75 Å². The summed E-state index contributed by atoms with van der Waals surface area (Å²) in [6.45, 7) is 0. The van der Waals surface area contributed by atoms with Crippen molar-refractivity contribution in [2.75, 3.05) is 17.7 Å². The number of hydrogen-bond donors (Lipinski definition) is 5. The normalized spacial score (nSPS) is 10.2. The monoisotopic (exact) mass is 412 g/mol. The number of halogens is 1. The maximum atomic E-state index is 13.7. The Morgan fingerprint density at radius 3 is 2.23 bits per heavy atom.